The number of hydrogen-bond donors (Lipinski definition) is 1. The number of nitrogens with zero attached hydrogens (tertiary/aromatic N) is 1. The molecule has 5 heteroatoms. The zero-order valence-corrected chi connectivity index (χ0v) is 10.8. The van der Waals surface area contributed by atoms with Crippen LogP contribution in [-0.4, -0.2) is 10.5 Å². The molecule has 0 atom stereocenters. The lowest BCUT2D eigenvalue weighted by molar-refractivity contribution is -0.127. The predicted octanol–water partition coefficient (Wildman–Crippen LogP) is 1.55. The van der Waals surface area contributed by atoms with E-state index < -0.39 is 0 Å². The Hall–Kier alpha value is -2.04. The first kappa shape index (κ1) is 12.0. The zero-order valence-electron chi connectivity index (χ0n) is 10.8. The average Bonchev–Trinajstić information content (AvgIpc) is 2.60. The molecule has 0 unspecified atom stereocenters. The summed E-state index contributed by atoms with van der Waals surface area (Å²) < 4.78 is 6.58. The number of carbonyl (C=O) groups is 1. The van der Waals surface area contributed by atoms with Crippen LogP contribution in [-0.2, 0) is 18.4 Å². The Bertz CT molecular complexity index is 680. The van der Waals surface area contributed by atoms with Gasteiger partial charge in [0.2, 0.25) is 5.91 Å². The van der Waals surface area contributed by atoms with Gasteiger partial charge in [-0.2, -0.15) is 0 Å². The van der Waals surface area contributed by atoms with Crippen LogP contribution in [0.25, 0.3) is 11.1 Å². The molecule has 1 N–H and O–H groups in total. The van der Waals surface area contributed by atoms with Crippen molar-refractivity contribution in [2.45, 2.75) is 25.8 Å². The summed E-state index contributed by atoms with van der Waals surface area (Å²) in [6, 6.07) is 5.54. The SMILES string of the molecule is Cn1c(=O)oc2cc(CNC(=O)C3CCC3)ccc21. The van der Waals surface area contributed by atoms with Crippen LogP contribution in [0.4, 0.5) is 0 Å². The van der Waals surface area contributed by atoms with Crippen LogP contribution in [0.1, 0.15) is 24.8 Å². The van der Waals surface area contributed by atoms with Crippen molar-refractivity contribution < 1.29 is 9.21 Å². The Kier molecular flexibility index (Phi) is 2.89. The van der Waals surface area contributed by atoms with E-state index in [9.17, 15) is 9.59 Å². The number of nitrogens with one attached hydrogen (secondary N) is 1. The normalized spacial score (nSPS) is 15.4. The fraction of sp³-hybridized carbons (Fsp3) is 0.429. The summed E-state index contributed by atoms with van der Waals surface area (Å²) in [6.45, 7) is 0.476. The number of hydrogen-bond acceptors (Lipinski definition) is 3. The first-order chi connectivity index (χ1) is 9.15. The van der Waals surface area contributed by atoms with E-state index in [4.69, 9.17) is 4.42 Å². The molecule has 2 aromatic rings. The molecule has 0 saturated heterocycles. The van der Waals surface area contributed by atoms with Crippen molar-refractivity contribution in [1.82, 2.24) is 9.88 Å². The topological polar surface area (TPSA) is 64.2 Å². The number of aryl methyl sites for hydroxylation is 1. The van der Waals surface area contributed by atoms with Gasteiger partial charge in [0, 0.05) is 19.5 Å². The number of amides is 1. The van der Waals surface area contributed by atoms with Crippen LogP contribution in [0, 0.1) is 5.92 Å². The van der Waals surface area contributed by atoms with Crippen molar-refractivity contribution in [2.75, 3.05) is 0 Å². The van der Waals surface area contributed by atoms with E-state index in [2.05, 4.69) is 5.32 Å². The first-order valence-electron chi connectivity index (χ1n) is 6.51. The van der Waals surface area contributed by atoms with E-state index in [1.54, 1.807) is 13.1 Å². The highest BCUT2D eigenvalue weighted by atomic mass is 16.4. The van der Waals surface area contributed by atoms with E-state index in [0.29, 0.717) is 12.1 Å². The molecule has 3 rings (SSSR count). The second-order valence-corrected chi connectivity index (χ2v) is 5.07. The van der Waals surface area contributed by atoms with Gasteiger partial charge >= 0.3 is 5.76 Å². The fourth-order valence-corrected chi connectivity index (χ4v) is 2.29. The Labute approximate surface area is 110 Å². The molecule has 0 radical (unpaired) electrons. The van der Waals surface area contributed by atoms with Gasteiger partial charge in [0.15, 0.2) is 5.58 Å². The molecule has 0 bridgehead atoms. The summed E-state index contributed by atoms with van der Waals surface area (Å²) in [5.74, 6) is -0.0510. The lowest BCUT2D eigenvalue weighted by atomic mass is 9.85. The fourth-order valence-electron chi connectivity index (χ4n) is 2.29. The maximum absolute atomic E-state index is 11.7. The highest BCUT2D eigenvalue weighted by molar-refractivity contribution is 5.79. The van der Waals surface area contributed by atoms with Gasteiger partial charge in [-0.15, -0.1) is 0 Å². The third-order valence-electron chi connectivity index (χ3n) is 3.80. The standard InChI is InChI=1S/C14H16N2O3/c1-16-11-6-5-9(7-12(11)19-14(16)18)8-15-13(17)10-3-2-4-10/h5-7,10H,2-4,8H2,1H3,(H,15,17). The Morgan fingerprint density at radius 1 is 1.47 bits per heavy atom. The molecule has 1 saturated carbocycles. The van der Waals surface area contributed by atoms with Crippen molar-refractivity contribution in [3.05, 3.63) is 34.3 Å². The van der Waals surface area contributed by atoms with E-state index in [-0.39, 0.29) is 17.6 Å². The van der Waals surface area contributed by atoms with Crippen molar-refractivity contribution in [3.8, 4) is 0 Å². The van der Waals surface area contributed by atoms with Crippen molar-refractivity contribution >= 4 is 17.0 Å². The van der Waals surface area contributed by atoms with E-state index >= 15 is 0 Å². The van der Waals surface area contributed by atoms with Crippen molar-refractivity contribution in [3.63, 3.8) is 0 Å². The molecule has 1 fully saturated rings. The summed E-state index contributed by atoms with van der Waals surface area (Å²) in [4.78, 5) is 23.1. The maximum atomic E-state index is 11.7. The minimum atomic E-state index is -0.370. The number of fused-ring (bicyclic) bond motifs is 1. The van der Waals surface area contributed by atoms with Crippen LogP contribution in [0.5, 0.6) is 0 Å². The number of rotatable bonds is 3. The highest BCUT2D eigenvalue weighted by Gasteiger charge is 2.24. The molecule has 19 heavy (non-hydrogen) atoms. The van der Waals surface area contributed by atoms with Crippen LogP contribution in [0.15, 0.2) is 27.4 Å². The van der Waals surface area contributed by atoms with E-state index in [1.807, 2.05) is 12.1 Å². The molecule has 1 aromatic carbocycles. The zero-order chi connectivity index (χ0) is 13.4. The molecule has 0 aliphatic heterocycles. The van der Waals surface area contributed by atoms with Crippen LogP contribution >= 0.6 is 0 Å². The average molecular weight is 260 g/mol. The molecule has 0 spiro atoms. The van der Waals surface area contributed by atoms with Gasteiger partial charge in [-0.3, -0.25) is 9.36 Å². The second kappa shape index (κ2) is 4.57. The lowest BCUT2D eigenvalue weighted by Gasteiger charge is -2.24. The second-order valence-electron chi connectivity index (χ2n) is 5.07. The van der Waals surface area contributed by atoms with E-state index in [1.165, 1.54) is 4.57 Å². The monoisotopic (exact) mass is 260 g/mol. The van der Waals surface area contributed by atoms with E-state index in [0.717, 1.165) is 30.3 Å². The largest absolute Gasteiger partial charge is 0.419 e. The van der Waals surface area contributed by atoms with Crippen LogP contribution < -0.4 is 11.1 Å². The van der Waals surface area contributed by atoms with Crippen LogP contribution in [0.2, 0.25) is 0 Å². The molecule has 1 aliphatic carbocycles. The van der Waals surface area contributed by atoms with Gasteiger partial charge in [-0.05, 0) is 30.5 Å². The number of oxazole rings is 1. The minimum Gasteiger partial charge on any atom is -0.408 e. The third kappa shape index (κ3) is 2.16. The lowest BCUT2D eigenvalue weighted by Crippen LogP contribution is -2.33. The quantitative estimate of drug-likeness (QED) is 0.910. The summed E-state index contributed by atoms with van der Waals surface area (Å²) in [7, 11) is 1.67. The molecule has 1 aromatic heterocycles. The molecule has 1 aliphatic rings. The van der Waals surface area contributed by atoms with Gasteiger partial charge in [0.1, 0.15) is 0 Å². The molecule has 5 nitrogen and oxygen atoms in total. The number of benzene rings is 1. The Morgan fingerprint density at radius 3 is 2.95 bits per heavy atom. The number of carbonyl (C=O) groups excluding carboxylic acids is 1. The summed E-state index contributed by atoms with van der Waals surface area (Å²) in [6.07, 6.45) is 3.15. The molecule has 1 amide bonds. The summed E-state index contributed by atoms with van der Waals surface area (Å²) in [5.41, 5.74) is 2.26. The Morgan fingerprint density at radius 2 is 2.26 bits per heavy atom. The summed E-state index contributed by atoms with van der Waals surface area (Å²) >= 11 is 0. The third-order valence-corrected chi connectivity index (χ3v) is 3.80. The van der Waals surface area contributed by atoms with Gasteiger partial charge in [-0.25, -0.2) is 4.79 Å². The van der Waals surface area contributed by atoms with Gasteiger partial charge in [0.05, 0.1) is 5.52 Å². The predicted molar refractivity (Wildman–Crippen MR) is 70.6 cm³/mol. The molecule has 100 valence electrons. The minimum absolute atomic E-state index is 0.126. The highest BCUT2D eigenvalue weighted by Crippen LogP contribution is 2.26. The van der Waals surface area contributed by atoms with Crippen molar-refractivity contribution in [1.29, 1.82) is 0 Å². The van der Waals surface area contributed by atoms with Crippen molar-refractivity contribution in [2.24, 2.45) is 13.0 Å². The smallest absolute Gasteiger partial charge is 0.408 e. The van der Waals surface area contributed by atoms with Gasteiger partial charge < -0.3 is 9.73 Å². The summed E-state index contributed by atoms with van der Waals surface area (Å²) in [5, 5.41) is 2.92. The Balaban J connectivity index is 1.74. The molecular weight excluding hydrogens is 244 g/mol. The molecular formula is C14H16N2O3. The first-order valence-corrected chi connectivity index (χ1v) is 6.51. The maximum Gasteiger partial charge on any atom is 0.419 e. The van der Waals surface area contributed by atoms with Gasteiger partial charge in [-0.1, -0.05) is 12.5 Å². The van der Waals surface area contributed by atoms with Crippen LogP contribution in [0.3, 0.4) is 0 Å². The molecule has 1 heterocycles. The number of aromatic nitrogens is 1. The van der Waals surface area contributed by atoms with Gasteiger partial charge in [0.25, 0.3) is 0 Å².